The van der Waals surface area contributed by atoms with Crippen LogP contribution in [-0.2, 0) is 20.0 Å². The lowest BCUT2D eigenvalue weighted by Crippen LogP contribution is -2.36. The number of aromatic nitrogens is 3. The van der Waals surface area contributed by atoms with Gasteiger partial charge in [0, 0.05) is 30.5 Å². The Labute approximate surface area is 205 Å². The zero-order valence-electron chi connectivity index (χ0n) is 19.4. The third kappa shape index (κ3) is 4.37. The van der Waals surface area contributed by atoms with Crippen molar-refractivity contribution in [1.82, 2.24) is 19.7 Å². The van der Waals surface area contributed by atoms with Gasteiger partial charge in [0.15, 0.2) is 10.9 Å². The van der Waals surface area contributed by atoms with E-state index in [0.29, 0.717) is 47.5 Å². The minimum atomic E-state index is -0.357. The molecule has 180 valence electrons. The second-order valence-corrected chi connectivity index (χ2v) is 8.99. The van der Waals surface area contributed by atoms with Crippen LogP contribution in [0.15, 0.2) is 47.1 Å². The summed E-state index contributed by atoms with van der Waals surface area (Å²) in [5.74, 6) is 1.04. The first-order valence-corrected chi connectivity index (χ1v) is 11.7. The molecule has 35 heavy (non-hydrogen) atoms. The van der Waals surface area contributed by atoms with E-state index < -0.39 is 0 Å². The molecule has 5 rings (SSSR count). The van der Waals surface area contributed by atoms with E-state index in [-0.39, 0.29) is 17.6 Å². The SMILES string of the molecule is COc1ccc(OC)c(-c2cc(C(=O)N3CCc4nc(NC(=O)c5ccco5)sc4C3)n(C)n2)c1. The van der Waals surface area contributed by atoms with Gasteiger partial charge in [0.2, 0.25) is 0 Å². The van der Waals surface area contributed by atoms with Crippen LogP contribution in [0.5, 0.6) is 11.5 Å². The standard InChI is InChI=1S/C24H23N5O5S/c1-28-18(12-17(27-28)15-11-14(32-2)6-7-19(15)33-3)23(31)29-9-8-16-21(13-29)35-24(25-16)26-22(30)20-5-4-10-34-20/h4-7,10-12H,8-9,13H2,1-3H3,(H,25,26,30). The van der Waals surface area contributed by atoms with E-state index in [1.807, 2.05) is 18.2 Å². The van der Waals surface area contributed by atoms with E-state index in [4.69, 9.17) is 13.9 Å². The fourth-order valence-electron chi connectivity index (χ4n) is 3.96. The number of ether oxygens (including phenoxy) is 2. The van der Waals surface area contributed by atoms with Crippen molar-refractivity contribution in [3.05, 3.63) is 64.7 Å². The van der Waals surface area contributed by atoms with Crippen molar-refractivity contribution >= 4 is 28.3 Å². The number of furan rings is 1. The number of benzene rings is 1. The van der Waals surface area contributed by atoms with Crippen LogP contribution in [0.4, 0.5) is 5.13 Å². The summed E-state index contributed by atoms with van der Waals surface area (Å²) in [4.78, 5) is 32.9. The molecule has 10 nitrogen and oxygen atoms in total. The van der Waals surface area contributed by atoms with E-state index in [0.717, 1.165) is 16.1 Å². The molecule has 1 aliphatic heterocycles. The smallest absolute Gasteiger partial charge is 0.293 e. The number of hydrogen-bond donors (Lipinski definition) is 1. The quantitative estimate of drug-likeness (QED) is 0.437. The summed E-state index contributed by atoms with van der Waals surface area (Å²) in [6.45, 7) is 0.926. The number of aryl methyl sites for hydroxylation is 1. The average Bonchev–Trinajstić information content (AvgIpc) is 3.62. The van der Waals surface area contributed by atoms with Crippen molar-refractivity contribution in [3.63, 3.8) is 0 Å². The van der Waals surface area contributed by atoms with E-state index >= 15 is 0 Å². The molecule has 3 aromatic heterocycles. The van der Waals surface area contributed by atoms with Gasteiger partial charge >= 0.3 is 0 Å². The van der Waals surface area contributed by atoms with Crippen molar-refractivity contribution in [2.24, 2.45) is 7.05 Å². The van der Waals surface area contributed by atoms with Gasteiger partial charge < -0.3 is 18.8 Å². The number of methoxy groups -OCH3 is 2. The minimum Gasteiger partial charge on any atom is -0.497 e. The van der Waals surface area contributed by atoms with Crippen LogP contribution in [0.25, 0.3) is 11.3 Å². The van der Waals surface area contributed by atoms with Gasteiger partial charge in [-0.3, -0.25) is 19.6 Å². The fourth-order valence-corrected chi connectivity index (χ4v) is 4.98. The average molecular weight is 494 g/mol. The largest absolute Gasteiger partial charge is 0.497 e. The lowest BCUT2D eigenvalue weighted by atomic mass is 10.1. The summed E-state index contributed by atoms with van der Waals surface area (Å²) in [5.41, 5.74) is 2.71. The van der Waals surface area contributed by atoms with Crippen molar-refractivity contribution < 1.29 is 23.5 Å². The lowest BCUT2D eigenvalue weighted by molar-refractivity contribution is 0.0725. The Morgan fingerprint density at radius 2 is 2.03 bits per heavy atom. The summed E-state index contributed by atoms with van der Waals surface area (Å²) >= 11 is 1.36. The maximum atomic E-state index is 13.4. The summed E-state index contributed by atoms with van der Waals surface area (Å²) < 4.78 is 17.5. The van der Waals surface area contributed by atoms with Crippen LogP contribution in [0.3, 0.4) is 0 Å². The molecule has 0 unspecified atom stereocenters. The molecular weight excluding hydrogens is 470 g/mol. The van der Waals surface area contributed by atoms with E-state index in [9.17, 15) is 9.59 Å². The molecule has 4 aromatic rings. The highest BCUT2D eigenvalue weighted by Gasteiger charge is 2.28. The summed E-state index contributed by atoms with van der Waals surface area (Å²) in [5, 5.41) is 7.80. The van der Waals surface area contributed by atoms with Crippen molar-refractivity contribution in [1.29, 1.82) is 0 Å². The molecule has 1 aromatic carbocycles. The van der Waals surface area contributed by atoms with Crippen LogP contribution < -0.4 is 14.8 Å². The van der Waals surface area contributed by atoms with Crippen LogP contribution in [0.1, 0.15) is 31.6 Å². The molecule has 0 fully saturated rings. The first-order valence-electron chi connectivity index (χ1n) is 10.9. The minimum absolute atomic E-state index is 0.131. The van der Waals surface area contributed by atoms with Gasteiger partial charge in [-0.05, 0) is 36.4 Å². The number of amides is 2. The molecule has 0 atom stereocenters. The first kappa shape index (κ1) is 22.7. The summed E-state index contributed by atoms with van der Waals surface area (Å²) in [6.07, 6.45) is 2.04. The van der Waals surface area contributed by atoms with Gasteiger partial charge in [-0.15, -0.1) is 0 Å². The monoisotopic (exact) mass is 493 g/mol. The molecule has 0 aliphatic carbocycles. The van der Waals surface area contributed by atoms with Gasteiger partial charge in [-0.2, -0.15) is 5.10 Å². The number of rotatable bonds is 6. The number of carbonyl (C=O) groups excluding carboxylic acids is 2. The van der Waals surface area contributed by atoms with Gasteiger partial charge in [0.25, 0.3) is 11.8 Å². The third-order valence-corrected chi connectivity index (χ3v) is 6.76. The molecule has 1 N–H and O–H groups in total. The molecule has 0 saturated carbocycles. The maximum absolute atomic E-state index is 13.4. The number of anilines is 1. The number of nitrogens with zero attached hydrogens (tertiary/aromatic N) is 4. The normalized spacial score (nSPS) is 12.8. The van der Waals surface area contributed by atoms with E-state index in [1.54, 1.807) is 49.0 Å². The van der Waals surface area contributed by atoms with Crippen LogP contribution in [0, 0.1) is 0 Å². The molecule has 0 bridgehead atoms. The van der Waals surface area contributed by atoms with Gasteiger partial charge in [0.1, 0.15) is 17.2 Å². The highest BCUT2D eigenvalue weighted by atomic mass is 32.1. The maximum Gasteiger partial charge on any atom is 0.293 e. The summed E-state index contributed by atoms with van der Waals surface area (Å²) in [7, 11) is 4.93. The zero-order chi connectivity index (χ0) is 24.5. The van der Waals surface area contributed by atoms with Gasteiger partial charge in [-0.25, -0.2) is 4.98 Å². The van der Waals surface area contributed by atoms with Gasteiger partial charge in [-0.1, -0.05) is 11.3 Å². The predicted molar refractivity (Wildman–Crippen MR) is 129 cm³/mol. The fraction of sp³-hybridized carbons (Fsp3) is 0.250. The molecule has 0 spiro atoms. The highest BCUT2D eigenvalue weighted by Crippen LogP contribution is 2.34. The molecular formula is C24H23N5O5S. The predicted octanol–water partition coefficient (Wildman–Crippen LogP) is 3.60. The lowest BCUT2D eigenvalue weighted by Gasteiger charge is -2.25. The Hall–Kier alpha value is -4.12. The zero-order valence-corrected chi connectivity index (χ0v) is 20.2. The van der Waals surface area contributed by atoms with Crippen molar-refractivity contribution in [2.45, 2.75) is 13.0 Å². The first-order chi connectivity index (χ1) is 17.0. The Kier molecular flexibility index (Phi) is 6.00. The van der Waals surface area contributed by atoms with Crippen molar-refractivity contribution in [2.75, 3.05) is 26.1 Å². The van der Waals surface area contributed by atoms with Gasteiger partial charge in [0.05, 0.1) is 38.4 Å². The second-order valence-electron chi connectivity index (χ2n) is 7.90. The Balaban J connectivity index is 1.34. The third-order valence-electron chi connectivity index (χ3n) is 5.77. The number of hydrogen-bond acceptors (Lipinski definition) is 8. The topological polar surface area (TPSA) is 112 Å². The van der Waals surface area contributed by atoms with Crippen LogP contribution in [0.2, 0.25) is 0 Å². The van der Waals surface area contributed by atoms with Crippen LogP contribution in [-0.4, -0.2) is 52.2 Å². The van der Waals surface area contributed by atoms with E-state index in [1.165, 1.54) is 17.6 Å². The Morgan fingerprint density at radius 3 is 2.77 bits per heavy atom. The number of carbonyl (C=O) groups is 2. The molecule has 4 heterocycles. The molecule has 11 heteroatoms. The van der Waals surface area contributed by atoms with Crippen LogP contribution >= 0.6 is 11.3 Å². The Bertz CT molecular complexity index is 1390. The Morgan fingerprint density at radius 1 is 1.17 bits per heavy atom. The van der Waals surface area contributed by atoms with Crippen molar-refractivity contribution in [3.8, 4) is 22.8 Å². The van der Waals surface area contributed by atoms with E-state index in [2.05, 4.69) is 15.4 Å². The molecule has 0 radical (unpaired) electrons. The number of fused-ring (bicyclic) bond motifs is 1. The molecule has 2 amide bonds. The summed E-state index contributed by atoms with van der Waals surface area (Å²) in [6, 6.07) is 10.5. The number of nitrogens with one attached hydrogen (secondary N) is 1. The number of thiazole rings is 1. The molecule has 1 aliphatic rings. The molecule has 0 saturated heterocycles. The second kappa shape index (κ2) is 9.26. The highest BCUT2D eigenvalue weighted by molar-refractivity contribution is 7.15.